The Morgan fingerprint density at radius 2 is 2.07 bits per heavy atom. The second-order valence-corrected chi connectivity index (χ2v) is 3.35. The lowest BCUT2D eigenvalue weighted by Crippen LogP contribution is -1.97. The number of fused-ring (bicyclic) bond motifs is 1. The summed E-state index contributed by atoms with van der Waals surface area (Å²) in [6.07, 6.45) is 5.52. The summed E-state index contributed by atoms with van der Waals surface area (Å²) in [5.41, 5.74) is 2.82. The third kappa shape index (κ3) is 2.26. The van der Waals surface area contributed by atoms with Crippen LogP contribution < -0.4 is 5.32 Å². The summed E-state index contributed by atoms with van der Waals surface area (Å²) in [7, 11) is 0. The van der Waals surface area contributed by atoms with Gasteiger partial charge in [-0.3, -0.25) is 4.79 Å². The number of nitrogens with one attached hydrogen (secondary N) is 1. The van der Waals surface area contributed by atoms with Gasteiger partial charge < -0.3 is 10.4 Å². The normalized spacial score (nSPS) is 13.5. The largest absolute Gasteiger partial charge is 0.481 e. The van der Waals surface area contributed by atoms with Crippen molar-refractivity contribution in [3.8, 4) is 0 Å². The van der Waals surface area contributed by atoms with Crippen LogP contribution in [0, 0.1) is 0 Å². The maximum absolute atomic E-state index is 10.6. The number of hydrogen-bond acceptors (Lipinski definition) is 2. The van der Waals surface area contributed by atoms with Crippen LogP contribution in [0.15, 0.2) is 42.1 Å². The quantitative estimate of drug-likeness (QED) is 0.772. The van der Waals surface area contributed by atoms with Crippen LogP contribution in [0.1, 0.15) is 12.0 Å². The highest BCUT2D eigenvalue weighted by atomic mass is 16.4. The fraction of sp³-hybridized carbons (Fsp3) is 0.0833. The zero-order valence-electron chi connectivity index (χ0n) is 8.10. The highest BCUT2D eigenvalue weighted by molar-refractivity contribution is 5.75. The molecule has 1 aliphatic rings. The van der Waals surface area contributed by atoms with Crippen molar-refractivity contribution in [2.45, 2.75) is 6.42 Å². The van der Waals surface area contributed by atoms with Gasteiger partial charge in [0.2, 0.25) is 0 Å². The van der Waals surface area contributed by atoms with Crippen LogP contribution in [0.5, 0.6) is 0 Å². The van der Waals surface area contributed by atoms with Crippen LogP contribution in [0.2, 0.25) is 0 Å². The molecule has 1 aromatic rings. The molecule has 3 nitrogen and oxygen atoms in total. The van der Waals surface area contributed by atoms with Gasteiger partial charge in [-0.25, -0.2) is 0 Å². The Kier molecular flexibility index (Phi) is 2.54. The highest BCUT2D eigenvalue weighted by Crippen LogP contribution is 2.21. The van der Waals surface area contributed by atoms with Crippen molar-refractivity contribution in [2.75, 3.05) is 5.32 Å². The summed E-state index contributed by atoms with van der Waals surface area (Å²) in [4.78, 5) is 10.6. The van der Waals surface area contributed by atoms with Crippen LogP contribution in [0.4, 0.5) is 5.69 Å². The maximum Gasteiger partial charge on any atom is 0.307 e. The number of carbonyl (C=O) groups is 1. The number of hydrogen-bond donors (Lipinski definition) is 2. The van der Waals surface area contributed by atoms with Crippen molar-refractivity contribution in [3.63, 3.8) is 0 Å². The average molecular weight is 201 g/mol. The molecule has 0 radical (unpaired) electrons. The number of rotatable bonds is 2. The molecule has 0 fully saturated rings. The molecular formula is C12H11NO2. The van der Waals surface area contributed by atoms with Gasteiger partial charge in [0, 0.05) is 11.9 Å². The summed E-state index contributed by atoms with van der Waals surface area (Å²) >= 11 is 0. The first-order valence-electron chi connectivity index (χ1n) is 4.70. The minimum absolute atomic E-state index is 0.0392. The second-order valence-electron chi connectivity index (χ2n) is 3.35. The van der Waals surface area contributed by atoms with Crippen molar-refractivity contribution in [3.05, 3.63) is 47.7 Å². The van der Waals surface area contributed by atoms with E-state index in [4.69, 9.17) is 5.11 Å². The van der Waals surface area contributed by atoms with Crippen LogP contribution in [-0.2, 0) is 4.79 Å². The fourth-order valence-corrected chi connectivity index (χ4v) is 1.47. The van der Waals surface area contributed by atoms with Crippen molar-refractivity contribution in [1.82, 2.24) is 0 Å². The predicted octanol–water partition coefficient (Wildman–Crippen LogP) is 2.48. The van der Waals surface area contributed by atoms with E-state index in [2.05, 4.69) is 5.32 Å². The van der Waals surface area contributed by atoms with Gasteiger partial charge in [0.05, 0.1) is 6.42 Å². The first kappa shape index (κ1) is 9.52. The molecule has 76 valence electrons. The smallest absolute Gasteiger partial charge is 0.307 e. The van der Waals surface area contributed by atoms with E-state index >= 15 is 0 Å². The molecule has 0 bridgehead atoms. The van der Waals surface area contributed by atoms with Crippen molar-refractivity contribution in [2.24, 2.45) is 0 Å². The molecule has 0 saturated heterocycles. The van der Waals surface area contributed by atoms with E-state index in [0.717, 1.165) is 16.8 Å². The van der Waals surface area contributed by atoms with Crippen LogP contribution >= 0.6 is 0 Å². The van der Waals surface area contributed by atoms with Crippen molar-refractivity contribution < 1.29 is 9.90 Å². The van der Waals surface area contributed by atoms with Gasteiger partial charge in [-0.15, -0.1) is 0 Å². The highest BCUT2D eigenvalue weighted by Gasteiger charge is 2.05. The van der Waals surface area contributed by atoms with Gasteiger partial charge in [-0.05, 0) is 17.2 Å². The minimum Gasteiger partial charge on any atom is -0.481 e. The molecule has 0 aromatic heterocycles. The van der Waals surface area contributed by atoms with E-state index in [-0.39, 0.29) is 6.42 Å². The number of aliphatic carboxylic acids is 1. The summed E-state index contributed by atoms with van der Waals surface area (Å²) in [6, 6.07) is 7.83. The van der Waals surface area contributed by atoms with Gasteiger partial charge >= 0.3 is 5.97 Å². The molecule has 2 rings (SSSR count). The molecule has 3 heteroatoms. The molecule has 2 N–H and O–H groups in total. The van der Waals surface area contributed by atoms with Crippen LogP contribution in [0.25, 0.3) is 6.08 Å². The summed E-state index contributed by atoms with van der Waals surface area (Å²) < 4.78 is 0. The Hall–Kier alpha value is -2.03. The monoisotopic (exact) mass is 201 g/mol. The lowest BCUT2D eigenvalue weighted by atomic mass is 10.1. The second kappa shape index (κ2) is 4.00. The van der Waals surface area contributed by atoms with E-state index in [1.165, 1.54) is 0 Å². The molecule has 0 amide bonds. The molecule has 1 aromatic carbocycles. The third-order valence-corrected chi connectivity index (χ3v) is 2.21. The number of benzene rings is 1. The molecule has 0 saturated carbocycles. The van der Waals surface area contributed by atoms with Gasteiger partial charge in [-0.1, -0.05) is 30.4 Å². The average Bonchev–Trinajstić information content (AvgIpc) is 2.41. The summed E-state index contributed by atoms with van der Waals surface area (Å²) in [5.74, 6) is -0.821. The molecular weight excluding hydrogens is 190 g/mol. The first-order chi connectivity index (χ1) is 7.25. The van der Waals surface area contributed by atoms with Crippen LogP contribution in [0.3, 0.4) is 0 Å². The Bertz CT molecular complexity index is 447. The van der Waals surface area contributed by atoms with Gasteiger partial charge in [0.15, 0.2) is 0 Å². The third-order valence-electron chi connectivity index (χ3n) is 2.21. The number of carboxylic acids is 1. The molecule has 0 spiro atoms. The predicted molar refractivity (Wildman–Crippen MR) is 59.4 cm³/mol. The molecule has 0 aliphatic carbocycles. The maximum atomic E-state index is 10.6. The zero-order valence-corrected chi connectivity index (χ0v) is 8.10. The fourth-order valence-electron chi connectivity index (χ4n) is 1.47. The SMILES string of the molecule is O=C(O)CC1=CNc2ccccc2C=C1. The Morgan fingerprint density at radius 1 is 1.27 bits per heavy atom. The number of allylic oxidation sites excluding steroid dienone is 1. The van der Waals surface area contributed by atoms with E-state index in [1.807, 2.05) is 36.4 Å². The van der Waals surface area contributed by atoms with Gasteiger partial charge in [0.1, 0.15) is 0 Å². The zero-order chi connectivity index (χ0) is 10.7. The molecule has 1 heterocycles. The number of carboxylic acid groups (broad SMARTS) is 1. The summed E-state index contributed by atoms with van der Waals surface area (Å²) in [5, 5.41) is 11.8. The molecule has 0 atom stereocenters. The standard InChI is InChI=1S/C12H11NO2/c14-12(15)7-9-5-6-10-3-1-2-4-11(10)13-8-9/h1-6,8,13H,7H2,(H,14,15). The molecule has 15 heavy (non-hydrogen) atoms. The lowest BCUT2D eigenvalue weighted by molar-refractivity contribution is -0.136. The van der Waals surface area contributed by atoms with Crippen molar-refractivity contribution in [1.29, 1.82) is 0 Å². The van der Waals surface area contributed by atoms with E-state index in [9.17, 15) is 4.79 Å². The van der Waals surface area contributed by atoms with E-state index in [1.54, 1.807) is 6.20 Å². The van der Waals surface area contributed by atoms with Crippen molar-refractivity contribution >= 4 is 17.7 Å². The van der Waals surface area contributed by atoms with Gasteiger partial charge in [0.25, 0.3) is 0 Å². The first-order valence-corrected chi connectivity index (χ1v) is 4.70. The lowest BCUT2D eigenvalue weighted by Gasteiger charge is -2.02. The Morgan fingerprint density at radius 3 is 2.87 bits per heavy atom. The van der Waals surface area contributed by atoms with Gasteiger partial charge in [-0.2, -0.15) is 0 Å². The van der Waals surface area contributed by atoms with Crippen LogP contribution in [-0.4, -0.2) is 11.1 Å². The van der Waals surface area contributed by atoms with E-state index < -0.39 is 5.97 Å². The summed E-state index contributed by atoms with van der Waals surface area (Å²) in [6.45, 7) is 0. The Labute approximate surface area is 87.7 Å². The molecule has 0 unspecified atom stereocenters. The Balaban J connectivity index is 2.25. The topological polar surface area (TPSA) is 49.3 Å². The minimum atomic E-state index is -0.821. The number of para-hydroxylation sites is 1. The number of anilines is 1. The molecule has 1 aliphatic heterocycles. The van der Waals surface area contributed by atoms with E-state index in [0.29, 0.717) is 0 Å².